The molecule has 5 nitrogen and oxygen atoms in total. The first-order chi connectivity index (χ1) is 10.2. The first kappa shape index (κ1) is 15.0. The van der Waals surface area contributed by atoms with Crippen LogP contribution in [0.1, 0.15) is 25.3 Å². The Labute approximate surface area is 122 Å². The summed E-state index contributed by atoms with van der Waals surface area (Å²) in [6.07, 6.45) is 3.13. The molecule has 0 saturated carbocycles. The van der Waals surface area contributed by atoms with Gasteiger partial charge in [-0.05, 0) is 24.1 Å². The minimum absolute atomic E-state index is 0.0529. The van der Waals surface area contributed by atoms with Crippen LogP contribution in [0.15, 0.2) is 30.5 Å². The van der Waals surface area contributed by atoms with Gasteiger partial charge in [-0.1, -0.05) is 25.5 Å². The SMILES string of the molecule is CCCCOc1ccc(COc2ncc(F)c(N)n2)cc1. The molecule has 2 N–H and O–H groups in total. The molecule has 1 aromatic carbocycles. The maximum absolute atomic E-state index is 12.9. The van der Waals surface area contributed by atoms with Crippen molar-refractivity contribution in [1.82, 2.24) is 9.97 Å². The highest BCUT2D eigenvalue weighted by Crippen LogP contribution is 2.15. The normalized spacial score (nSPS) is 10.4. The van der Waals surface area contributed by atoms with Crippen LogP contribution in [0.2, 0.25) is 0 Å². The third-order valence-corrected chi connectivity index (χ3v) is 2.81. The highest BCUT2D eigenvalue weighted by Gasteiger charge is 2.04. The second kappa shape index (κ2) is 7.42. The summed E-state index contributed by atoms with van der Waals surface area (Å²) in [5.74, 6) is -0.0509. The minimum Gasteiger partial charge on any atom is -0.494 e. The van der Waals surface area contributed by atoms with Gasteiger partial charge in [-0.2, -0.15) is 4.98 Å². The zero-order chi connectivity index (χ0) is 15.1. The highest BCUT2D eigenvalue weighted by molar-refractivity contribution is 5.29. The summed E-state index contributed by atoms with van der Waals surface area (Å²) in [6.45, 7) is 3.11. The zero-order valence-corrected chi connectivity index (χ0v) is 11.9. The van der Waals surface area contributed by atoms with E-state index in [2.05, 4.69) is 16.9 Å². The fraction of sp³-hybridized carbons (Fsp3) is 0.333. The molecule has 1 aromatic heterocycles. The van der Waals surface area contributed by atoms with Gasteiger partial charge in [0, 0.05) is 0 Å². The summed E-state index contributed by atoms with van der Waals surface area (Å²) in [4.78, 5) is 7.41. The Kier molecular flexibility index (Phi) is 5.31. The highest BCUT2D eigenvalue weighted by atomic mass is 19.1. The summed E-state index contributed by atoms with van der Waals surface area (Å²) in [5, 5.41) is 0. The van der Waals surface area contributed by atoms with Crippen LogP contribution >= 0.6 is 0 Å². The average Bonchev–Trinajstić information content (AvgIpc) is 2.50. The minimum atomic E-state index is -0.657. The molecular weight excluding hydrogens is 273 g/mol. The van der Waals surface area contributed by atoms with Crippen LogP contribution in [0.25, 0.3) is 0 Å². The first-order valence-corrected chi connectivity index (χ1v) is 6.81. The maximum Gasteiger partial charge on any atom is 0.318 e. The molecule has 112 valence electrons. The van der Waals surface area contributed by atoms with E-state index in [9.17, 15) is 4.39 Å². The van der Waals surface area contributed by atoms with Crippen LogP contribution in [0.4, 0.5) is 10.2 Å². The monoisotopic (exact) mass is 291 g/mol. The van der Waals surface area contributed by atoms with Crippen LogP contribution in [0.3, 0.4) is 0 Å². The van der Waals surface area contributed by atoms with Gasteiger partial charge in [0.2, 0.25) is 0 Å². The van der Waals surface area contributed by atoms with E-state index in [0.717, 1.165) is 37.0 Å². The summed E-state index contributed by atoms with van der Waals surface area (Å²) in [5.41, 5.74) is 6.28. The van der Waals surface area contributed by atoms with Crippen molar-refractivity contribution in [3.63, 3.8) is 0 Å². The fourth-order valence-corrected chi connectivity index (χ4v) is 1.60. The van der Waals surface area contributed by atoms with E-state index in [1.54, 1.807) is 0 Å². The summed E-state index contributed by atoms with van der Waals surface area (Å²) < 4.78 is 23.8. The number of unbranched alkanes of at least 4 members (excludes halogenated alkanes) is 1. The van der Waals surface area contributed by atoms with Crippen molar-refractivity contribution in [2.75, 3.05) is 12.3 Å². The molecule has 0 spiro atoms. The molecule has 0 atom stereocenters. The first-order valence-electron chi connectivity index (χ1n) is 6.81. The third-order valence-electron chi connectivity index (χ3n) is 2.81. The van der Waals surface area contributed by atoms with Crippen molar-refractivity contribution < 1.29 is 13.9 Å². The topological polar surface area (TPSA) is 70.3 Å². The Hall–Kier alpha value is -2.37. The lowest BCUT2D eigenvalue weighted by atomic mass is 10.2. The van der Waals surface area contributed by atoms with Crippen LogP contribution in [-0.4, -0.2) is 16.6 Å². The van der Waals surface area contributed by atoms with Crippen molar-refractivity contribution in [2.45, 2.75) is 26.4 Å². The quantitative estimate of drug-likeness (QED) is 0.794. The van der Waals surface area contributed by atoms with Crippen molar-refractivity contribution in [3.8, 4) is 11.8 Å². The molecule has 0 bridgehead atoms. The van der Waals surface area contributed by atoms with E-state index in [0.29, 0.717) is 0 Å². The number of halogens is 1. The number of nitrogen functional groups attached to an aromatic ring is 1. The van der Waals surface area contributed by atoms with Gasteiger partial charge in [0.1, 0.15) is 12.4 Å². The van der Waals surface area contributed by atoms with Gasteiger partial charge in [0.25, 0.3) is 0 Å². The molecule has 21 heavy (non-hydrogen) atoms. The second-order valence-corrected chi connectivity index (χ2v) is 4.52. The molecule has 0 fully saturated rings. The van der Waals surface area contributed by atoms with Crippen LogP contribution in [0, 0.1) is 5.82 Å². The molecule has 0 amide bonds. The van der Waals surface area contributed by atoms with E-state index >= 15 is 0 Å². The smallest absolute Gasteiger partial charge is 0.318 e. The molecule has 6 heteroatoms. The van der Waals surface area contributed by atoms with Gasteiger partial charge < -0.3 is 15.2 Å². The number of hydrogen-bond acceptors (Lipinski definition) is 5. The lowest BCUT2D eigenvalue weighted by molar-refractivity contribution is 0.279. The lowest BCUT2D eigenvalue weighted by Crippen LogP contribution is -2.03. The van der Waals surface area contributed by atoms with E-state index in [1.165, 1.54) is 0 Å². The molecule has 0 saturated heterocycles. The number of nitrogens with zero attached hydrogens (tertiary/aromatic N) is 2. The van der Waals surface area contributed by atoms with Gasteiger partial charge in [-0.3, -0.25) is 0 Å². The predicted molar refractivity (Wildman–Crippen MR) is 77.6 cm³/mol. The molecule has 2 rings (SSSR count). The Balaban J connectivity index is 1.86. The molecular formula is C15H18FN3O2. The van der Waals surface area contributed by atoms with Gasteiger partial charge in [-0.15, -0.1) is 0 Å². The van der Waals surface area contributed by atoms with E-state index in [-0.39, 0.29) is 18.4 Å². The molecule has 0 aliphatic carbocycles. The Morgan fingerprint density at radius 2 is 1.95 bits per heavy atom. The molecule has 2 aromatic rings. The standard InChI is InChI=1S/C15H18FN3O2/c1-2-3-8-20-12-6-4-11(5-7-12)10-21-15-18-9-13(16)14(17)19-15/h4-7,9H,2-3,8,10H2,1H3,(H2,17,18,19). The third kappa shape index (κ3) is 4.59. The van der Waals surface area contributed by atoms with Crippen LogP contribution in [0.5, 0.6) is 11.8 Å². The summed E-state index contributed by atoms with van der Waals surface area (Å²) in [6, 6.07) is 7.61. The lowest BCUT2D eigenvalue weighted by Gasteiger charge is -2.07. The van der Waals surface area contributed by atoms with E-state index < -0.39 is 5.82 Å². The molecule has 0 aliphatic rings. The molecule has 0 radical (unpaired) electrons. The molecule has 0 aliphatic heterocycles. The van der Waals surface area contributed by atoms with Crippen LogP contribution < -0.4 is 15.2 Å². The van der Waals surface area contributed by atoms with E-state index in [1.807, 2.05) is 24.3 Å². The zero-order valence-electron chi connectivity index (χ0n) is 11.9. The van der Waals surface area contributed by atoms with Gasteiger partial charge >= 0.3 is 6.01 Å². The second-order valence-electron chi connectivity index (χ2n) is 4.52. The van der Waals surface area contributed by atoms with Gasteiger partial charge in [-0.25, -0.2) is 9.37 Å². The van der Waals surface area contributed by atoms with Crippen molar-refractivity contribution >= 4 is 5.82 Å². The largest absolute Gasteiger partial charge is 0.494 e. The van der Waals surface area contributed by atoms with Crippen LogP contribution in [-0.2, 0) is 6.61 Å². The van der Waals surface area contributed by atoms with E-state index in [4.69, 9.17) is 15.2 Å². The number of anilines is 1. The van der Waals surface area contributed by atoms with Crippen molar-refractivity contribution in [3.05, 3.63) is 41.8 Å². The van der Waals surface area contributed by atoms with Crippen molar-refractivity contribution in [1.29, 1.82) is 0 Å². The molecule has 0 unspecified atom stereocenters. The number of aromatic nitrogens is 2. The number of nitrogens with two attached hydrogens (primary N) is 1. The molecule has 1 heterocycles. The number of hydrogen-bond donors (Lipinski definition) is 1. The van der Waals surface area contributed by atoms with Gasteiger partial charge in [0.15, 0.2) is 11.6 Å². The summed E-state index contributed by atoms with van der Waals surface area (Å²) >= 11 is 0. The van der Waals surface area contributed by atoms with Crippen molar-refractivity contribution in [2.24, 2.45) is 0 Å². The Bertz CT molecular complexity index is 576. The Morgan fingerprint density at radius 3 is 2.62 bits per heavy atom. The number of rotatable bonds is 7. The maximum atomic E-state index is 12.9. The Morgan fingerprint density at radius 1 is 1.19 bits per heavy atom. The fourth-order valence-electron chi connectivity index (χ4n) is 1.60. The summed E-state index contributed by atoms with van der Waals surface area (Å²) in [7, 11) is 0. The predicted octanol–water partition coefficient (Wildman–Crippen LogP) is 2.96. The average molecular weight is 291 g/mol. The number of ether oxygens (including phenoxy) is 2. The van der Waals surface area contributed by atoms with Gasteiger partial charge in [0.05, 0.1) is 12.8 Å². The number of benzene rings is 1.